The number of fused-ring (bicyclic) bond motifs is 1. The Hall–Kier alpha value is -3.83. The number of anilines is 2. The number of allylic oxidation sites excluding steroid dienone is 1. The summed E-state index contributed by atoms with van der Waals surface area (Å²) in [6, 6.07) is 4.25. The van der Waals surface area contributed by atoms with E-state index < -0.39 is 11.9 Å². The highest BCUT2D eigenvalue weighted by atomic mass is 19.1. The number of morpholine rings is 1. The summed E-state index contributed by atoms with van der Waals surface area (Å²) in [5.41, 5.74) is 8.45. The average Bonchev–Trinajstić information content (AvgIpc) is 3.16. The highest BCUT2D eigenvalue weighted by molar-refractivity contribution is 6.08. The largest absolute Gasteiger partial charge is 0.416 e. The molecular formula is C25H29FN6O4. The van der Waals surface area contributed by atoms with E-state index in [1.54, 1.807) is 10.6 Å². The quantitative estimate of drug-likeness (QED) is 0.354. The van der Waals surface area contributed by atoms with Gasteiger partial charge in [0.15, 0.2) is 11.6 Å². The standard InChI is InChI=1S/C25H29FN6O4/c1-4-5-15(2)36-25(34)30-19-7-6-17(12-18(19)26)22-21(16(3)33)20(13-31-8-10-35-11-9-31)32-23(22)24(27)28-14-29-32/h6-7,12,14H,2,4-5,8-11,13H2,1,3H3,(H,30,34)(H2,27,28,29). The number of nitrogens with two attached hydrogens (primary N) is 1. The highest BCUT2D eigenvalue weighted by Gasteiger charge is 2.27. The molecule has 11 heteroatoms. The van der Waals surface area contributed by atoms with Crippen molar-refractivity contribution in [3.8, 4) is 11.1 Å². The molecule has 0 bridgehead atoms. The van der Waals surface area contributed by atoms with Crippen molar-refractivity contribution in [2.75, 3.05) is 37.4 Å². The number of ether oxygens (including phenoxy) is 2. The van der Waals surface area contributed by atoms with Crippen molar-refractivity contribution < 1.29 is 23.5 Å². The fourth-order valence-electron chi connectivity index (χ4n) is 4.32. The zero-order chi connectivity index (χ0) is 25.8. The molecule has 0 spiro atoms. The van der Waals surface area contributed by atoms with Gasteiger partial charge in [-0.15, -0.1) is 0 Å². The molecule has 1 aliphatic heterocycles. The number of Topliss-reactive ketones (excluding diaryl/α,β-unsaturated/α-hetero) is 1. The monoisotopic (exact) mass is 496 g/mol. The first-order valence-electron chi connectivity index (χ1n) is 11.7. The topological polar surface area (TPSA) is 124 Å². The molecule has 2 aromatic heterocycles. The van der Waals surface area contributed by atoms with Crippen molar-refractivity contribution in [1.29, 1.82) is 0 Å². The molecule has 1 aliphatic rings. The lowest BCUT2D eigenvalue weighted by molar-refractivity contribution is 0.0333. The Balaban J connectivity index is 1.75. The molecule has 3 heterocycles. The molecule has 4 rings (SSSR count). The van der Waals surface area contributed by atoms with Crippen LogP contribution >= 0.6 is 0 Å². The van der Waals surface area contributed by atoms with Crippen LogP contribution in [0.3, 0.4) is 0 Å². The van der Waals surface area contributed by atoms with Gasteiger partial charge in [0, 0.05) is 31.6 Å². The number of nitrogens with zero attached hydrogens (tertiary/aromatic N) is 4. The summed E-state index contributed by atoms with van der Waals surface area (Å²) < 4.78 is 27.2. The van der Waals surface area contributed by atoms with Crippen LogP contribution in [0.2, 0.25) is 0 Å². The first-order valence-corrected chi connectivity index (χ1v) is 11.7. The van der Waals surface area contributed by atoms with Gasteiger partial charge in [-0.1, -0.05) is 19.6 Å². The Morgan fingerprint density at radius 1 is 1.31 bits per heavy atom. The summed E-state index contributed by atoms with van der Waals surface area (Å²) in [5, 5.41) is 6.75. The summed E-state index contributed by atoms with van der Waals surface area (Å²) in [5.74, 6) is -0.457. The van der Waals surface area contributed by atoms with Gasteiger partial charge < -0.3 is 15.2 Å². The molecule has 10 nitrogen and oxygen atoms in total. The van der Waals surface area contributed by atoms with E-state index in [-0.39, 0.29) is 17.3 Å². The van der Waals surface area contributed by atoms with E-state index in [2.05, 4.69) is 26.9 Å². The van der Waals surface area contributed by atoms with Gasteiger partial charge >= 0.3 is 6.09 Å². The third kappa shape index (κ3) is 5.21. The number of carbonyl (C=O) groups excluding carboxylic acids is 2. The van der Waals surface area contributed by atoms with Crippen molar-refractivity contribution in [2.24, 2.45) is 0 Å². The summed E-state index contributed by atoms with van der Waals surface area (Å²) in [4.78, 5) is 31.3. The number of halogens is 1. The number of nitrogen functional groups attached to an aromatic ring is 1. The Kier molecular flexibility index (Phi) is 7.61. The van der Waals surface area contributed by atoms with E-state index >= 15 is 4.39 Å². The van der Waals surface area contributed by atoms with Crippen LogP contribution in [0, 0.1) is 5.82 Å². The third-order valence-corrected chi connectivity index (χ3v) is 5.94. The minimum atomic E-state index is -0.829. The average molecular weight is 497 g/mol. The van der Waals surface area contributed by atoms with E-state index in [1.165, 1.54) is 25.4 Å². The van der Waals surface area contributed by atoms with Crippen molar-refractivity contribution >= 4 is 28.9 Å². The molecule has 1 fully saturated rings. The maximum atomic E-state index is 15.1. The van der Waals surface area contributed by atoms with Crippen LogP contribution in [0.25, 0.3) is 16.6 Å². The molecule has 1 aromatic carbocycles. The van der Waals surface area contributed by atoms with Crippen molar-refractivity contribution in [1.82, 2.24) is 19.5 Å². The number of nitrogens with one attached hydrogen (secondary N) is 1. The lowest BCUT2D eigenvalue weighted by Gasteiger charge is -2.26. The Morgan fingerprint density at radius 3 is 2.72 bits per heavy atom. The second-order valence-corrected chi connectivity index (χ2v) is 8.54. The zero-order valence-corrected chi connectivity index (χ0v) is 20.3. The summed E-state index contributed by atoms with van der Waals surface area (Å²) in [6.45, 7) is 10.1. The van der Waals surface area contributed by atoms with Gasteiger partial charge in [-0.2, -0.15) is 5.10 Å². The van der Waals surface area contributed by atoms with Crippen molar-refractivity contribution in [3.63, 3.8) is 0 Å². The fourth-order valence-corrected chi connectivity index (χ4v) is 4.32. The van der Waals surface area contributed by atoms with Gasteiger partial charge in [-0.3, -0.25) is 15.0 Å². The number of rotatable bonds is 8. The number of hydrogen-bond donors (Lipinski definition) is 2. The molecule has 3 aromatic rings. The van der Waals surface area contributed by atoms with Gasteiger partial charge in [-0.25, -0.2) is 18.7 Å². The van der Waals surface area contributed by atoms with E-state index in [1.807, 2.05) is 6.92 Å². The van der Waals surface area contributed by atoms with E-state index in [0.29, 0.717) is 72.9 Å². The van der Waals surface area contributed by atoms with E-state index in [9.17, 15) is 9.59 Å². The fraction of sp³-hybridized carbons (Fsp3) is 0.360. The summed E-state index contributed by atoms with van der Waals surface area (Å²) in [7, 11) is 0. The number of aromatic nitrogens is 3. The van der Waals surface area contributed by atoms with Gasteiger partial charge in [-0.05, 0) is 31.0 Å². The van der Waals surface area contributed by atoms with Crippen LogP contribution in [0.4, 0.5) is 20.7 Å². The number of carbonyl (C=O) groups is 2. The van der Waals surface area contributed by atoms with Gasteiger partial charge in [0.2, 0.25) is 0 Å². The minimum Gasteiger partial charge on any atom is -0.415 e. The Bertz CT molecular complexity index is 1320. The normalized spacial score (nSPS) is 14.1. The second-order valence-electron chi connectivity index (χ2n) is 8.54. The predicted molar refractivity (Wildman–Crippen MR) is 133 cm³/mol. The molecule has 0 unspecified atom stereocenters. The maximum absolute atomic E-state index is 15.1. The van der Waals surface area contributed by atoms with Crippen LogP contribution in [0.15, 0.2) is 36.9 Å². The van der Waals surface area contributed by atoms with Crippen molar-refractivity contribution in [2.45, 2.75) is 33.2 Å². The molecule has 190 valence electrons. The number of benzene rings is 1. The van der Waals surface area contributed by atoms with E-state index in [0.717, 1.165) is 6.42 Å². The van der Waals surface area contributed by atoms with Gasteiger partial charge in [0.25, 0.3) is 0 Å². The smallest absolute Gasteiger partial charge is 0.415 e. The van der Waals surface area contributed by atoms with Crippen LogP contribution in [-0.2, 0) is 16.0 Å². The second kappa shape index (κ2) is 10.8. The number of ketones is 1. The first-order chi connectivity index (χ1) is 17.3. The van der Waals surface area contributed by atoms with Crippen LogP contribution in [-0.4, -0.2) is 57.7 Å². The van der Waals surface area contributed by atoms with Crippen molar-refractivity contribution in [3.05, 3.63) is 53.9 Å². The maximum Gasteiger partial charge on any atom is 0.416 e. The summed E-state index contributed by atoms with van der Waals surface area (Å²) in [6.07, 6.45) is 1.77. The number of hydrogen-bond acceptors (Lipinski definition) is 8. The van der Waals surface area contributed by atoms with Gasteiger partial charge in [0.05, 0.1) is 30.2 Å². The summed E-state index contributed by atoms with van der Waals surface area (Å²) >= 11 is 0. The first kappa shape index (κ1) is 25.3. The highest BCUT2D eigenvalue weighted by Crippen LogP contribution is 2.37. The van der Waals surface area contributed by atoms with Crippen LogP contribution in [0.5, 0.6) is 0 Å². The molecule has 0 aliphatic carbocycles. The molecule has 1 saturated heterocycles. The molecule has 0 atom stereocenters. The molecule has 3 N–H and O–H groups in total. The number of amides is 1. The third-order valence-electron chi connectivity index (χ3n) is 5.94. The van der Waals surface area contributed by atoms with Gasteiger partial charge in [0.1, 0.15) is 23.4 Å². The molecular weight excluding hydrogens is 467 g/mol. The van der Waals surface area contributed by atoms with Crippen LogP contribution in [0.1, 0.15) is 42.7 Å². The molecule has 36 heavy (non-hydrogen) atoms. The molecule has 0 saturated carbocycles. The predicted octanol–water partition coefficient (Wildman–Crippen LogP) is 4.01. The lowest BCUT2D eigenvalue weighted by atomic mass is 9.98. The Labute approximate surface area is 207 Å². The van der Waals surface area contributed by atoms with Crippen LogP contribution < -0.4 is 11.1 Å². The SMILES string of the molecule is C=C(CCC)OC(=O)Nc1ccc(-c2c(C(C)=O)c(CN3CCOCC3)n3ncnc(N)c23)cc1F. The molecule has 1 amide bonds. The lowest BCUT2D eigenvalue weighted by Crippen LogP contribution is -2.36. The molecule has 0 radical (unpaired) electrons. The zero-order valence-electron chi connectivity index (χ0n) is 20.3. The minimum absolute atomic E-state index is 0.0706. The van der Waals surface area contributed by atoms with E-state index in [4.69, 9.17) is 15.2 Å². The Morgan fingerprint density at radius 2 is 2.06 bits per heavy atom.